The van der Waals surface area contributed by atoms with E-state index in [9.17, 15) is 22.8 Å². The van der Waals surface area contributed by atoms with Gasteiger partial charge in [-0.15, -0.1) is 0 Å². The molecule has 1 aliphatic rings. The second kappa shape index (κ2) is 10.0. The number of hydrogen-bond donors (Lipinski definition) is 2. The number of hydrogen-bond acceptors (Lipinski definition) is 6. The number of amides is 1. The van der Waals surface area contributed by atoms with Crippen molar-refractivity contribution in [1.29, 1.82) is 0 Å². The number of benzene rings is 2. The van der Waals surface area contributed by atoms with Crippen LogP contribution in [0.2, 0.25) is 0 Å². The summed E-state index contributed by atoms with van der Waals surface area (Å²) in [5, 5.41) is 5.79. The van der Waals surface area contributed by atoms with E-state index in [-0.39, 0.29) is 17.3 Å². The van der Waals surface area contributed by atoms with Crippen LogP contribution in [0.25, 0.3) is 10.9 Å². The zero-order valence-electron chi connectivity index (χ0n) is 19.0. The van der Waals surface area contributed by atoms with Crippen molar-refractivity contribution in [3.63, 3.8) is 0 Å². The molecule has 0 aliphatic carbocycles. The van der Waals surface area contributed by atoms with Crippen LogP contribution in [0.4, 0.5) is 23.2 Å². The summed E-state index contributed by atoms with van der Waals surface area (Å²) < 4.78 is 63.0. The Morgan fingerprint density at radius 2 is 1.86 bits per heavy atom. The van der Waals surface area contributed by atoms with E-state index in [1.807, 2.05) is 5.32 Å². The van der Waals surface area contributed by atoms with E-state index < -0.39 is 46.2 Å². The molecular weight excluding hydrogens is 492 g/mol. The van der Waals surface area contributed by atoms with Gasteiger partial charge in [-0.1, -0.05) is 12.1 Å². The van der Waals surface area contributed by atoms with E-state index in [4.69, 9.17) is 4.74 Å². The molecule has 0 saturated carbocycles. The Morgan fingerprint density at radius 3 is 2.62 bits per heavy atom. The first-order valence-electron chi connectivity index (χ1n) is 11.2. The molecule has 1 fully saturated rings. The van der Waals surface area contributed by atoms with Gasteiger partial charge in [0.1, 0.15) is 17.1 Å². The first-order valence-corrected chi connectivity index (χ1v) is 11.2. The molecule has 0 radical (unpaired) electrons. The second-order valence-electron chi connectivity index (χ2n) is 8.28. The molecule has 0 spiro atoms. The lowest BCUT2D eigenvalue weighted by Crippen LogP contribution is -2.35. The summed E-state index contributed by atoms with van der Waals surface area (Å²) in [5.74, 6) is -7.72. The number of fused-ring (bicyclic) bond motifs is 1. The summed E-state index contributed by atoms with van der Waals surface area (Å²) in [6, 6.07) is 9.46. The maximum Gasteiger partial charge on any atom is 0.255 e. The van der Waals surface area contributed by atoms with Crippen LogP contribution in [0, 0.1) is 23.3 Å². The topological polar surface area (TPSA) is 93.2 Å². The zero-order valence-corrected chi connectivity index (χ0v) is 19.0. The number of nitrogens with zero attached hydrogens (tertiary/aromatic N) is 2. The molecule has 4 aromatic rings. The standard InChI is InChI=1S/C26H18F4N4O3/c27-15-3-1-2-14(8-15)26(36)34-18-10-16(28)23(29)22(24(18)30)25(35)19-9-13-4-5-17(33-20(13)11-32-19)21-12-37-7-6-31-21/h1-5,8-11,21,31H,6-7,12H2,(H,34,36). The minimum Gasteiger partial charge on any atom is -0.378 e. The highest BCUT2D eigenvalue weighted by Crippen LogP contribution is 2.27. The van der Waals surface area contributed by atoms with Gasteiger partial charge in [0.15, 0.2) is 17.5 Å². The molecular formula is C26H18F4N4O3. The number of halogens is 4. The fourth-order valence-corrected chi connectivity index (χ4v) is 3.96. The summed E-state index contributed by atoms with van der Waals surface area (Å²) in [4.78, 5) is 33.9. The van der Waals surface area contributed by atoms with Gasteiger partial charge in [0.2, 0.25) is 5.78 Å². The Labute approximate surface area is 207 Å². The Morgan fingerprint density at radius 1 is 1.03 bits per heavy atom. The van der Waals surface area contributed by atoms with Crippen molar-refractivity contribution in [2.75, 3.05) is 25.1 Å². The van der Waals surface area contributed by atoms with E-state index in [2.05, 4.69) is 15.3 Å². The van der Waals surface area contributed by atoms with Crippen LogP contribution in [0.1, 0.15) is 38.1 Å². The normalized spacial score (nSPS) is 15.5. The summed E-state index contributed by atoms with van der Waals surface area (Å²) in [6.07, 6.45) is 1.28. The SMILES string of the molecule is O=C(Nc1cc(F)c(F)c(C(=O)c2cc3ccc(C4COCCN4)nc3cn2)c1F)c1cccc(F)c1. The van der Waals surface area contributed by atoms with Crippen LogP contribution < -0.4 is 10.6 Å². The Bertz CT molecular complexity index is 1540. The van der Waals surface area contributed by atoms with Crippen molar-refractivity contribution in [3.05, 3.63) is 101 Å². The van der Waals surface area contributed by atoms with E-state index in [0.717, 1.165) is 12.1 Å². The lowest BCUT2D eigenvalue weighted by molar-refractivity contribution is 0.0757. The van der Waals surface area contributed by atoms with Crippen molar-refractivity contribution >= 4 is 28.3 Å². The van der Waals surface area contributed by atoms with E-state index in [0.29, 0.717) is 42.4 Å². The van der Waals surface area contributed by atoms with Crippen molar-refractivity contribution < 1.29 is 31.9 Å². The lowest BCUT2D eigenvalue weighted by Gasteiger charge is -2.23. The third-order valence-electron chi connectivity index (χ3n) is 5.83. The molecule has 1 atom stereocenters. The molecule has 2 aromatic carbocycles. The van der Waals surface area contributed by atoms with Crippen LogP contribution in [0.5, 0.6) is 0 Å². The van der Waals surface area contributed by atoms with Gasteiger partial charge in [0.05, 0.1) is 42.4 Å². The van der Waals surface area contributed by atoms with Crippen molar-refractivity contribution in [1.82, 2.24) is 15.3 Å². The number of pyridine rings is 2. The van der Waals surface area contributed by atoms with Gasteiger partial charge in [-0.25, -0.2) is 22.5 Å². The molecule has 188 valence electrons. The maximum absolute atomic E-state index is 15.2. The molecule has 1 aliphatic heterocycles. The average Bonchev–Trinajstić information content (AvgIpc) is 2.91. The summed E-state index contributed by atoms with van der Waals surface area (Å²) >= 11 is 0. The van der Waals surface area contributed by atoms with Crippen LogP contribution in [0.15, 0.2) is 54.7 Å². The summed E-state index contributed by atoms with van der Waals surface area (Å²) in [6.45, 7) is 1.71. The molecule has 1 saturated heterocycles. The quantitative estimate of drug-likeness (QED) is 0.236. The second-order valence-corrected chi connectivity index (χ2v) is 8.28. The van der Waals surface area contributed by atoms with Crippen molar-refractivity contribution in [3.8, 4) is 0 Å². The number of anilines is 1. The van der Waals surface area contributed by atoms with Crippen LogP contribution in [0.3, 0.4) is 0 Å². The van der Waals surface area contributed by atoms with Gasteiger partial charge in [-0.3, -0.25) is 14.6 Å². The summed E-state index contributed by atoms with van der Waals surface area (Å²) in [7, 11) is 0. The van der Waals surface area contributed by atoms with Gasteiger partial charge < -0.3 is 15.4 Å². The molecule has 7 nitrogen and oxygen atoms in total. The lowest BCUT2D eigenvalue weighted by atomic mass is 10.0. The zero-order chi connectivity index (χ0) is 26.1. The molecule has 0 bridgehead atoms. The Balaban J connectivity index is 1.46. The predicted molar refractivity (Wildman–Crippen MR) is 125 cm³/mol. The third-order valence-corrected chi connectivity index (χ3v) is 5.83. The van der Waals surface area contributed by atoms with Gasteiger partial charge in [-0.2, -0.15) is 0 Å². The predicted octanol–water partition coefficient (Wildman–Crippen LogP) is 4.33. The first-order chi connectivity index (χ1) is 17.8. The Kier molecular flexibility index (Phi) is 6.64. The van der Waals surface area contributed by atoms with Crippen LogP contribution >= 0.6 is 0 Å². The minimum atomic E-state index is -1.73. The number of carbonyl (C=O) groups is 2. The number of aromatic nitrogens is 2. The smallest absolute Gasteiger partial charge is 0.255 e. The highest BCUT2D eigenvalue weighted by Gasteiger charge is 2.27. The van der Waals surface area contributed by atoms with Gasteiger partial charge >= 0.3 is 0 Å². The number of morpholine rings is 1. The minimum absolute atomic E-state index is 0.115. The number of ketones is 1. The molecule has 2 aromatic heterocycles. The van der Waals surface area contributed by atoms with Crippen LogP contribution in [-0.4, -0.2) is 41.4 Å². The van der Waals surface area contributed by atoms with Gasteiger partial charge in [0.25, 0.3) is 5.91 Å². The largest absolute Gasteiger partial charge is 0.378 e. The fourth-order valence-electron chi connectivity index (χ4n) is 3.96. The summed E-state index contributed by atoms with van der Waals surface area (Å²) in [5.41, 5.74) is -1.42. The molecule has 3 heterocycles. The molecule has 37 heavy (non-hydrogen) atoms. The van der Waals surface area contributed by atoms with Gasteiger partial charge in [0, 0.05) is 23.6 Å². The number of nitrogens with one attached hydrogen (secondary N) is 2. The molecule has 1 unspecified atom stereocenters. The van der Waals surface area contributed by atoms with Crippen molar-refractivity contribution in [2.45, 2.75) is 6.04 Å². The molecule has 2 N–H and O–H groups in total. The van der Waals surface area contributed by atoms with Gasteiger partial charge in [-0.05, 0) is 30.3 Å². The molecule has 1 amide bonds. The molecule has 11 heteroatoms. The van der Waals surface area contributed by atoms with Crippen molar-refractivity contribution in [2.24, 2.45) is 0 Å². The highest BCUT2D eigenvalue weighted by molar-refractivity contribution is 6.11. The average molecular weight is 510 g/mol. The Hall–Kier alpha value is -4.22. The maximum atomic E-state index is 15.2. The van der Waals surface area contributed by atoms with E-state index >= 15 is 4.39 Å². The number of rotatable bonds is 5. The fraction of sp³-hybridized carbons (Fsp3) is 0.154. The van der Waals surface area contributed by atoms with Crippen LogP contribution in [-0.2, 0) is 4.74 Å². The molecule has 5 rings (SSSR count). The van der Waals surface area contributed by atoms with E-state index in [1.165, 1.54) is 24.4 Å². The van der Waals surface area contributed by atoms with E-state index in [1.54, 1.807) is 12.1 Å². The third kappa shape index (κ3) is 4.91. The number of ether oxygens (including phenoxy) is 1. The first kappa shape index (κ1) is 24.5. The highest BCUT2D eigenvalue weighted by atomic mass is 19.2. The number of carbonyl (C=O) groups excluding carboxylic acids is 2. The monoisotopic (exact) mass is 510 g/mol.